The second-order valence-corrected chi connectivity index (χ2v) is 4.06. The zero-order chi connectivity index (χ0) is 8.55. The topological polar surface area (TPSA) is 17.1 Å². The summed E-state index contributed by atoms with van der Waals surface area (Å²) in [5.41, 5.74) is 0. The van der Waals surface area contributed by atoms with Crippen LogP contribution in [-0.2, 0) is 4.79 Å². The average Bonchev–Trinajstić information content (AvgIpc) is 2.58. The predicted octanol–water partition coefficient (Wildman–Crippen LogP) is 2.57. The van der Waals surface area contributed by atoms with Crippen LogP contribution in [0, 0.1) is 17.8 Å². The lowest BCUT2D eigenvalue weighted by molar-refractivity contribution is -0.121. The highest BCUT2D eigenvalue weighted by molar-refractivity contribution is 5.91. The Kier molecular flexibility index (Phi) is 2.03. The number of unbranched alkanes of at least 4 members (excludes halogenated alkanes) is 1. The SMILES string of the molecule is CCCCC1CC2C=CC1C2=O. The van der Waals surface area contributed by atoms with Gasteiger partial charge < -0.3 is 0 Å². The number of carbonyl (C=O) groups excluding carboxylic acids is 1. The Morgan fingerprint density at radius 2 is 2.33 bits per heavy atom. The summed E-state index contributed by atoms with van der Waals surface area (Å²) in [6.07, 6.45) is 9.18. The van der Waals surface area contributed by atoms with Crippen LogP contribution in [0.25, 0.3) is 0 Å². The molecule has 0 aromatic rings. The molecule has 0 aliphatic heterocycles. The zero-order valence-corrected chi connectivity index (χ0v) is 7.62. The Labute approximate surface area is 73.8 Å². The first-order valence-electron chi connectivity index (χ1n) is 5.05. The van der Waals surface area contributed by atoms with Gasteiger partial charge in [0.25, 0.3) is 0 Å². The first kappa shape index (κ1) is 8.03. The summed E-state index contributed by atoms with van der Waals surface area (Å²) in [6.45, 7) is 2.21. The van der Waals surface area contributed by atoms with Gasteiger partial charge in [0.1, 0.15) is 5.78 Å². The zero-order valence-electron chi connectivity index (χ0n) is 7.62. The number of ketones is 1. The molecule has 0 amide bonds. The molecule has 1 heteroatoms. The minimum absolute atomic E-state index is 0.303. The Morgan fingerprint density at radius 1 is 1.50 bits per heavy atom. The van der Waals surface area contributed by atoms with E-state index in [-0.39, 0.29) is 0 Å². The summed E-state index contributed by atoms with van der Waals surface area (Å²) in [6, 6.07) is 0. The molecule has 66 valence electrons. The molecule has 0 heterocycles. The molecule has 0 aromatic carbocycles. The van der Waals surface area contributed by atoms with Gasteiger partial charge in [-0.15, -0.1) is 0 Å². The van der Waals surface area contributed by atoms with Crippen LogP contribution < -0.4 is 0 Å². The fraction of sp³-hybridized carbons (Fsp3) is 0.727. The van der Waals surface area contributed by atoms with Gasteiger partial charge in [-0.05, 0) is 18.8 Å². The molecule has 0 radical (unpaired) electrons. The van der Waals surface area contributed by atoms with E-state index in [1.54, 1.807) is 0 Å². The molecule has 0 aromatic heterocycles. The third-order valence-corrected chi connectivity index (χ3v) is 3.24. The fourth-order valence-corrected chi connectivity index (χ4v) is 2.51. The van der Waals surface area contributed by atoms with Crippen LogP contribution in [0.5, 0.6) is 0 Å². The number of hydrogen-bond acceptors (Lipinski definition) is 1. The normalized spacial score (nSPS) is 38.1. The van der Waals surface area contributed by atoms with E-state index in [9.17, 15) is 4.79 Å². The van der Waals surface area contributed by atoms with Crippen molar-refractivity contribution in [3.63, 3.8) is 0 Å². The van der Waals surface area contributed by atoms with Crippen molar-refractivity contribution in [2.45, 2.75) is 32.6 Å². The number of Topliss-reactive ketones (excluding diaryl/α,β-unsaturated/α-hetero) is 1. The highest BCUT2D eigenvalue weighted by Crippen LogP contribution is 2.42. The van der Waals surface area contributed by atoms with E-state index in [1.807, 2.05) is 0 Å². The van der Waals surface area contributed by atoms with Gasteiger partial charge in [-0.2, -0.15) is 0 Å². The van der Waals surface area contributed by atoms with Crippen LogP contribution in [0.15, 0.2) is 12.2 Å². The van der Waals surface area contributed by atoms with Gasteiger partial charge in [0, 0.05) is 11.8 Å². The second-order valence-electron chi connectivity index (χ2n) is 4.06. The standard InChI is InChI=1S/C11H16O/c1-2-3-4-8-7-9-5-6-10(8)11(9)12/h5-6,8-10H,2-4,7H2,1H3. The number of hydrogen-bond donors (Lipinski definition) is 0. The molecule has 3 atom stereocenters. The van der Waals surface area contributed by atoms with E-state index >= 15 is 0 Å². The molecule has 1 nitrogen and oxygen atoms in total. The average molecular weight is 164 g/mol. The highest BCUT2D eigenvalue weighted by Gasteiger charge is 2.42. The molecule has 1 saturated carbocycles. The second kappa shape index (κ2) is 3.04. The van der Waals surface area contributed by atoms with Crippen molar-refractivity contribution in [3.05, 3.63) is 12.2 Å². The van der Waals surface area contributed by atoms with Crippen molar-refractivity contribution < 1.29 is 4.79 Å². The largest absolute Gasteiger partial charge is 0.298 e. The molecule has 2 aliphatic carbocycles. The van der Waals surface area contributed by atoms with Crippen molar-refractivity contribution in [2.24, 2.45) is 17.8 Å². The minimum Gasteiger partial charge on any atom is -0.298 e. The summed E-state index contributed by atoms with van der Waals surface area (Å²) >= 11 is 0. The van der Waals surface area contributed by atoms with Crippen molar-refractivity contribution in [1.29, 1.82) is 0 Å². The van der Waals surface area contributed by atoms with Crippen LogP contribution in [-0.4, -0.2) is 5.78 Å². The lowest BCUT2D eigenvalue weighted by atomic mass is 9.89. The summed E-state index contributed by atoms with van der Waals surface area (Å²) < 4.78 is 0. The lowest BCUT2D eigenvalue weighted by Crippen LogP contribution is -2.10. The Balaban J connectivity index is 1.95. The Bertz CT molecular complexity index is 217. The molecule has 3 unspecified atom stereocenters. The van der Waals surface area contributed by atoms with Crippen molar-refractivity contribution in [1.82, 2.24) is 0 Å². The van der Waals surface area contributed by atoms with Gasteiger partial charge in [0.15, 0.2) is 0 Å². The summed E-state index contributed by atoms with van der Waals surface area (Å²) in [7, 11) is 0. The maximum atomic E-state index is 11.5. The van der Waals surface area contributed by atoms with E-state index in [1.165, 1.54) is 19.3 Å². The number of rotatable bonds is 3. The number of fused-ring (bicyclic) bond motifs is 2. The van der Waals surface area contributed by atoms with Crippen LogP contribution in [0.2, 0.25) is 0 Å². The first-order chi connectivity index (χ1) is 5.83. The quantitative estimate of drug-likeness (QED) is 0.586. The van der Waals surface area contributed by atoms with Gasteiger partial charge in [0.05, 0.1) is 0 Å². The van der Waals surface area contributed by atoms with Crippen molar-refractivity contribution in [3.8, 4) is 0 Å². The molecule has 2 aliphatic rings. The molecule has 0 N–H and O–H groups in total. The van der Waals surface area contributed by atoms with E-state index in [2.05, 4.69) is 19.1 Å². The van der Waals surface area contributed by atoms with E-state index < -0.39 is 0 Å². The van der Waals surface area contributed by atoms with Crippen LogP contribution in [0.3, 0.4) is 0 Å². The van der Waals surface area contributed by atoms with Gasteiger partial charge >= 0.3 is 0 Å². The minimum atomic E-state index is 0.303. The van der Waals surface area contributed by atoms with Crippen LogP contribution in [0.4, 0.5) is 0 Å². The van der Waals surface area contributed by atoms with E-state index in [0.717, 1.165) is 6.42 Å². The van der Waals surface area contributed by atoms with Crippen LogP contribution in [0.1, 0.15) is 32.6 Å². The smallest absolute Gasteiger partial charge is 0.146 e. The van der Waals surface area contributed by atoms with Crippen molar-refractivity contribution in [2.75, 3.05) is 0 Å². The van der Waals surface area contributed by atoms with Gasteiger partial charge in [-0.25, -0.2) is 0 Å². The van der Waals surface area contributed by atoms with E-state index in [4.69, 9.17) is 0 Å². The Morgan fingerprint density at radius 3 is 2.83 bits per heavy atom. The molecular weight excluding hydrogens is 148 g/mol. The third-order valence-electron chi connectivity index (χ3n) is 3.24. The lowest BCUT2D eigenvalue weighted by Gasteiger charge is -2.15. The molecule has 1 fully saturated rings. The summed E-state index contributed by atoms with van der Waals surface area (Å²) in [5, 5.41) is 0. The van der Waals surface area contributed by atoms with Gasteiger partial charge in [-0.1, -0.05) is 31.9 Å². The Hall–Kier alpha value is -0.590. The van der Waals surface area contributed by atoms with E-state index in [0.29, 0.717) is 23.5 Å². The van der Waals surface area contributed by atoms with Gasteiger partial charge in [0.2, 0.25) is 0 Å². The number of allylic oxidation sites excluding steroid dienone is 2. The molecule has 2 bridgehead atoms. The third kappa shape index (κ3) is 1.12. The van der Waals surface area contributed by atoms with Gasteiger partial charge in [-0.3, -0.25) is 4.79 Å². The first-order valence-corrected chi connectivity index (χ1v) is 5.05. The predicted molar refractivity (Wildman–Crippen MR) is 48.8 cm³/mol. The highest BCUT2D eigenvalue weighted by atomic mass is 16.1. The molecule has 12 heavy (non-hydrogen) atoms. The maximum absolute atomic E-state index is 11.5. The maximum Gasteiger partial charge on any atom is 0.146 e. The fourth-order valence-electron chi connectivity index (χ4n) is 2.51. The number of carbonyl (C=O) groups is 1. The molecule has 2 rings (SSSR count). The van der Waals surface area contributed by atoms with Crippen LogP contribution >= 0.6 is 0 Å². The van der Waals surface area contributed by atoms with Crippen molar-refractivity contribution >= 4 is 5.78 Å². The molecular formula is C11H16O. The molecule has 0 spiro atoms. The summed E-state index contributed by atoms with van der Waals surface area (Å²) in [4.78, 5) is 11.5. The monoisotopic (exact) mass is 164 g/mol. The summed E-state index contributed by atoms with van der Waals surface area (Å²) in [5.74, 6) is 1.79. The molecule has 0 saturated heterocycles.